The highest BCUT2D eigenvalue weighted by Gasteiger charge is 2.32. The quantitative estimate of drug-likeness (QED) is 0.916. The van der Waals surface area contributed by atoms with E-state index in [1.54, 1.807) is 0 Å². The van der Waals surface area contributed by atoms with Gasteiger partial charge in [-0.2, -0.15) is 5.10 Å². The Bertz CT molecular complexity index is 620. The first kappa shape index (κ1) is 14.0. The SMILES string of the molecule is Cc1nnc(N(Cc2ccccc2)C2CC2)c(CN)c1C. The zero-order chi connectivity index (χ0) is 14.8. The minimum Gasteiger partial charge on any atom is -0.348 e. The molecule has 2 N–H and O–H groups in total. The lowest BCUT2D eigenvalue weighted by atomic mass is 10.1. The van der Waals surface area contributed by atoms with E-state index in [1.807, 2.05) is 13.0 Å². The molecular formula is C17H22N4. The van der Waals surface area contributed by atoms with E-state index >= 15 is 0 Å². The molecule has 1 heterocycles. The normalized spacial score (nSPS) is 14.2. The van der Waals surface area contributed by atoms with Gasteiger partial charge in [-0.25, -0.2) is 0 Å². The van der Waals surface area contributed by atoms with Gasteiger partial charge in [0.05, 0.1) is 5.69 Å². The zero-order valence-corrected chi connectivity index (χ0v) is 12.7. The zero-order valence-electron chi connectivity index (χ0n) is 12.7. The molecule has 4 nitrogen and oxygen atoms in total. The molecule has 1 aliphatic carbocycles. The second kappa shape index (κ2) is 5.82. The molecule has 1 fully saturated rings. The first-order chi connectivity index (χ1) is 10.2. The van der Waals surface area contributed by atoms with E-state index in [-0.39, 0.29) is 0 Å². The van der Waals surface area contributed by atoms with Crippen LogP contribution in [0, 0.1) is 13.8 Å². The van der Waals surface area contributed by atoms with Gasteiger partial charge in [-0.15, -0.1) is 5.10 Å². The van der Waals surface area contributed by atoms with Crippen molar-refractivity contribution in [3.63, 3.8) is 0 Å². The van der Waals surface area contributed by atoms with Gasteiger partial charge in [0.1, 0.15) is 0 Å². The van der Waals surface area contributed by atoms with Crippen molar-refractivity contribution in [2.24, 2.45) is 5.73 Å². The maximum absolute atomic E-state index is 5.98. The Hall–Kier alpha value is -1.94. The van der Waals surface area contributed by atoms with Crippen molar-refractivity contribution in [3.05, 3.63) is 52.7 Å². The molecule has 0 amide bonds. The fourth-order valence-corrected chi connectivity index (χ4v) is 2.66. The van der Waals surface area contributed by atoms with Crippen molar-refractivity contribution in [2.75, 3.05) is 4.90 Å². The van der Waals surface area contributed by atoms with Crippen molar-refractivity contribution in [1.82, 2.24) is 10.2 Å². The summed E-state index contributed by atoms with van der Waals surface area (Å²) in [5.41, 5.74) is 10.5. The molecule has 0 aliphatic heterocycles. The fraction of sp³-hybridized carbons (Fsp3) is 0.412. The number of aromatic nitrogens is 2. The lowest BCUT2D eigenvalue weighted by Crippen LogP contribution is -2.28. The average molecular weight is 282 g/mol. The van der Waals surface area contributed by atoms with Crippen LogP contribution in [0.1, 0.15) is 35.2 Å². The molecule has 110 valence electrons. The number of rotatable bonds is 5. The Morgan fingerprint density at radius 2 is 1.86 bits per heavy atom. The first-order valence-corrected chi connectivity index (χ1v) is 7.54. The summed E-state index contributed by atoms with van der Waals surface area (Å²) in [6.07, 6.45) is 2.46. The Morgan fingerprint density at radius 3 is 2.48 bits per heavy atom. The summed E-state index contributed by atoms with van der Waals surface area (Å²) >= 11 is 0. The van der Waals surface area contributed by atoms with Crippen LogP contribution in [-0.4, -0.2) is 16.2 Å². The summed E-state index contributed by atoms with van der Waals surface area (Å²) in [4.78, 5) is 2.37. The van der Waals surface area contributed by atoms with Gasteiger partial charge in [0, 0.05) is 24.7 Å². The Morgan fingerprint density at radius 1 is 1.14 bits per heavy atom. The second-order valence-electron chi connectivity index (χ2n) is 5.76. The van der Waals surface area contributed by atoms with Gasteiger partial charge in [-0.1, -0.05) is 30.3 Å². The lowest BCUT2D eigenvalue weighted by Gasteiger charge is -2.26. The number of hydrogen-bond donors (Lipinski definition) is 1. The minimum absolute atomic E-state index is 0.509. The predicted molar refractivity (Wildman–Crippen MR) is 85.0 cm³/mol. The summed E-state index contributed by atoms with van der Waals surface area (Å²) in [6, 6.07) is 11.1. The van der Waals surface area contributed by atoms with E-state index < -0.39 is 0 Å². The molecule has 0 radical (unpaired) electrons. The number of nitrogens with zero attached hydrogens (tertiary/aromatic N) is 3. The van der Waals surface area contributed by atoms with E-state index in [4.69, 9.17) is 5.73 Å². The molecule has 0 atom stereocenters. The van der Waals surface area contributed by atoms with Crippen LogP contribution in [0.4, 0.5) is 5.82 Å². The van der Waals surface area contributed by atoms with Gasteiger partial charge in [0.15, 0.2) is 5.82 Å². The van der Waals surface area contributed by atoms with Gasteiger partial charge < -0.3 is 10.6 Å². The maximum atomic E-state index is 5.98. The van der Waals surface area contributed by atoms with E-state index in [0.717, 1.165) is 23.6 Å². The largest absolute Gasteiger partial charge is 0.348 e. The molecule has 1 aromatic carbocycles. The summed E-state index contributed by atoms with van der Waals surface area (Å²) in [5, 5.41) is 8.78. The Labute approximate surface area is 126 Å². The highest BCUT2D eigenvalue weighted by molar-refractivity contribution is 5.52. The van der Waals surface area contributed by atoms with E-state index in [1.165, 1.54) is 24.0 Å². The van der Waals surface area contributed by atoms with Gasteiger partial charge in [-0.3, -0.25) is 0 Å². The molecule has 1 saturated carbocycles. The van der Waals surface area contributed by atoms with Crippen LogP contribution in [0.3, 0.4) is 0 Å². The standard InChI is InChI=1S/C17H22N4/c1-12-13(2)19-20-17(16(12)10-18)21(15-8-9-15)11-14-6-4-3-5-7-14/h3-7,15H,8-11,18H2,1-2H3. The van der Waals surface area contributed by atoms with Crippen LogP contribution in [0.15, 0.2) is 30.3 Å². The third-order valence-corrected chi connectivity index (χ3v) is 4.22. The monoisotopic (exact) mass is 282 g/mol. The molecule has 4 heteroatoms. The Balaban J connectivity index is 1.96. The fourth-order valence-electron chi connectivity index (χ4n) is 2.66. The van der Waals surface area contributed by atoms with E-state index in [9.17, 15) is 0 Å². The highest BCUT2D eigenvalue weighted by Crippen LogP contribution is 2.34. The van der Waals surface area contributed by atoms with E-state index in [2.05, 4.69) is 46.3 Å². The van der Waals surface area contributed by atoms with E-state index in [0.29, 0.717) is 12.6 Å². The van der Waals surface area contributed by atoms with Crippen LogP contribution in [0.2, 0.25) is 0 Å². The molecule has 1 aromatic heterocycles. The summed E-state index contributed by atoms with van der Waals surface area (Å²) < 4.78 is 0. The smallest absolute Gasteiger partial charge is 0.156 e. The first-order valence-electron chi connectivity index (χ1n) is 7.54. The highest BCUT2D eigenvalue weighted by atomic mass is 15.3. The van der Waals surface area contributed by atoms with Crippen molar-refractivity contribution < 1.29 is 0 Å². The predicted octanol–water partition coefficient (Wildman–Crippen LogP) is 2.72. The summed E-state index contributed by atoms with van der Waals surface area (Å²) in [5.74, 6) is 0.965. The minimum atomic E-state index is 0.509. The van der Waals surface area contributed by atoms with Gasteiger partial charge in [0.25, 0.3) is 0 Å². The molecule has 0 saturated heterocycles. The van der Waals surface area contributed by atoms with Gasteiger partial charge in [0.2, 0.25) is 0 Å². The van der Waals surface area contributed by atoms with Crippen molar-refractivity contribution in [1.29, 1.82) is 0 Å². The third-order valence-electron chi connectivity index (χ3n) is 4.22. The molecule has 0 unspecified atom stereocenters. The van der Waals surface area contributed by atoms with Crippen LogP contribution < -0.4 is 10.6 Å². The van der Waals surface area contributed by atoms with Crippen LogP contribution in [-0.2, 0) is 13.1 Å². The van der Waals surface area contributed by atoms with Gasteiger partial charge in [-0.05, 0) is 37.8 Å². The molecule has 0 spiro atoms. The number of aryl methyl sites for hydroxylation is 1. The van der Waals surface area contributed by atoms with Crippen molar-refractivity contribution in [2.45, 2.75) is 45.8 Å². The van der Waals surface area contributed by atoms with Gasteiger partial charge >= 0.3 is 0 Å². The molecule has 3 rings (SSSR count). The third kappa shape index (κ3) is 2.90. The number of hydrogen-bond acceptors (Lipinski definition) is 4. The number of nitrogens with two attached hydrogens (primary N) is 1. The average Bonchev–Trinajstić information content (AvgIpc) is 3.33. The molecule has 2 aromatic rings. The summed E-state index contributed by atoms with van der Waals surface area (Å²) in [6.45, 7) is 5.46. The number of benzene rings is 1. The second-order valence-corrected chi connectivity index (χ2v) is 5.76. The van der Waals surface area contributed by atoms with Crippen LogP contribution in [0.5, 0.6) is 0 Å². The molecule has 1 aliphatic rings. The summed E-state index contributed by atoms with van der Waals surface area (Å²) in [7, 11) is 0. The molecule has 0 bridgehead atoms. The van der Waals surface area contributed by atoms with Crippen molar-refractivity contribution >= 4 is 5.82 Å². The number of anilines is 1. The maximum Gasteiger partial charge on any atom is 0.156 e. The molecule has 21 heavy (non-hydrogen) atoms. The Kier molecular flexibility index (Phi) is 3.88. The van der Waals surface area contributed by atoms with Crippen molar-refractivity contribution in [3.8, 4) is 0 Å². The molecular weight excluding hydrogens is 260 g/mol. The topological polar surface area (TPSA) is 55.0 Å². The lowest BCUT2D eigenvalue weighted by molar-refractivity contribution is 0.745. The van der Waals surface area contributed by atoms with Crippen LogP contribution in [0.25, 0.3) is 0 Å². The van der Waals surface area contributed by atoms with Crippen LogP contribution >= 0.6 is 0 Å².